The number of hydrogen-bond acceptors (Lipinski definition) is 4. The van der Waals surface area contributed by atoms with Gasteiger partial charge in [0.15, 0.2) is 0 Å². The van der Waals surface area contributed by atoms with Gasteiger partial charge in [-0.2, -0.15) is 5.10 Å². The zero-order valence-electron chi connectivity index (χ0n) is 10.8. The number of hydrogen-bond donors (Lipinski definition) is 1. The Morgan fingerprint density at radius 3 is 2.65 bits per heavy atom. The van der Waals surface area contributed by atoms with Gasteiger partial charge in [0.05, 0.1) is 11.1 Å². The lowest BCUT2D eigenvalue weighted by Gasteiger charge is -2.13. The number of imide groups is 1. The molecule has 0 spiro atoms. The van der Waals surface area contributed by atoms with Crippen LogP contribution in [0, 0.1) is 0 Å². The number of carbonyl (C=O) groups excluding carboxylic acids is 2. The molecule has 2 aromatic rings. The minimum atomic E-state index is -0.302. The van der Waals surface area contributed by atoms with Crippen LogP contribution in [-0.2, 0) is 6.54 Å². The lowest BCUT2D eigenvalue weighted by Crippen LogP contribution is -2.31. The Bertz CT molecular complexity index is 664. The Balaban J connectivity index is 1.72. The van der Waals surface area contributed by atoms with E-state index in [9.17, 15) is 9.59 Å². The van der Waals surface area contributed by atoms with E-state index in [2.05, 4.69) is 5.10 Å². The first-order valence-corrected chi connectivity index (χ1v) is 6.40. The molecule has 2 N–H and O–H groups in total. The van der Waals surface area contributed by atoms with E-state index >= 15 is 0 Å². The van der Waals surface area contributed by atoms with Gasteiger partial charge in [-0.15, -0.1) is 0 Å². The van der Waals surface area contributed by atoms with Crippen LogP contribution in [0.1, 0.15) is 27.1 Å². The number of nitrogen functional groups attached to an aromatic ring is 1. The summed E-state index contributed by atoms with van der Waals surface area (Å²) in [6.07, 6.45) is 4.20. The molecule has 2 amide bonds. The van der Waals surface area contributed by atoms with Crippen LogP contribution in [0.5, 0.6) is 0 Å². The SMILES string of the molecule is Nc1cccc2c1C(=O)N(CCCn1cccn1)C2=O. The minimum Gasteiger partial charge on any atom is -0.398 e. The molecule has 6 heteroatoms. The first-order chi connectivity index (χ1) is 9.68. The van der Waals surface area contributed by atoms with Crippen molar-refractivity contribution < 1.29 is 9.59 Å². The third-order valence-corrected chi connectivity index (χ3v) is 3.36. The van der Waals surface area contributed by atoms with Crippen molar-refractivity contribution in [1.29, 1.82) is 0 Å². The van der Waals surface area contributed by atoms with E-state index in [4.69, 9.17) is 5.73 Å². The van der Waals surface area contributed by atoms with Gasteiger partial charge in [0, 0.05) is 31.2 Å². The molecule has 20 heavy (non-hydrogen) atoms. The van der Waals surface area contributed by atoms with E-state index in [-0.39, 0.29) is 11.8 Å². The number of nitrogens with two attached hydrogens (primary N) is 1. The van der Waals surface area contributed by atoms with Crippen LogP contribution in [0.25, 0.3) is 0 Å². The van der Waals surface area contributed by atoms with Gasteiger partial charge in [-0.25, -0.2) is 0 Å². The van der Waals surface area contributed by atoms with Crippen molar-refractivity contribution >= 4 is 17.5 Å². The van der Waals surface area contributed by atoms with Gasteiger partial charge >= 0.3 is 0 Å². The van der Waals surface area contributed by atoms with E-state index in [0.29, 0.717) is 36.3 Å². The number of benzene rings is 1. The molecule has 3 rings (SSSR count). The van der Waals surface area contributed by atoms with Crippen molar-refractivity contribution in [1.82, 2.24) is 14.7 Å². The largest absolute Gasteiger partial charge is 0.398 e. The van der Waals surface area contributed by atoms with E-state index in [1.807, 2.05) is 12.3 Å². The molecule has 0 saturated heterocycles. The number of rotatable bonds is 4. The number of amides is 2. The molecule has 0 atom stereocenters. The summed E-state index contributed by atoms with van der Waals surface area (Å²) in [7, 11) is 0. The molecule has 0 fully saturated rings. The maximum Gasteiger partial charge on any atom is 0.263 e. The predicted octanol–water partition coefficient (Wildman–Crippen LogP) is 1.15. The molecular weight excluding hydrogens is 256 g/mol. The van der Waals surface area contributed by atoms with Gasteiger partial charge in [0.1, 0.15) is 0 Å². The van der Waals surface area contributed by atoms with Crippen LogP contribution in [0.3, 0.4) is 0 Å². The van der Waals surface area contributed by atoms with E-state index in [1.54, 1.807) is 29.1 Å². The van der Waals surface area contributed by atoms with Crippen LogP contribution in [0.15, 0.2) is 36.7 Å². The number of carbonyl (C=O) groups is 2. The van der Waals surface area contributed by atoms with Crippen LogP contribution in [-0.4, -0.2) is 33.0 Å². The summed E-state index contributed by atoms with van der Waals surface area (Å²) in [4.78, 5) is 25.7. The summed E-state index contributed by atoms with van der Waals surface area (Å²) < 4.78 is 1.77. The fraction of sp³-hybridized carbons (Fsp3) is 0.214. The summed E-state index contributed by atoms with van der Waals surface area (Å²) in [5, 5.41) is 4.08. The van der Waals surface area contributed by atoms with Gasteiger partial charge < -0.3 is 5.73 Å². The third kappa shape index (κ3) is 1.95. The third-order valence-electron chi connectivity index (χ3n) is 3.36. The number of fused-ring (bicyclic) bond motifs is 1. The van der Waals surface area contributed by atoms with Crippen molar-refractivity contribution in [2.45, 2.75) is 13.0 Å². The molecule has 0 unspecified atom stereocenters. The molecule has 2 heterocycles. The zero-order valence-corrected chi connectivity index (χ0v) is 10.8. The monoisotopic (exact) mass is 270 g/mol. The van der Waals surface area contributed by atoms with Crippen LogP contribution in [0.4, 0.5) is 5.69 Å². The average molecular weight is 270 g/mol. The minimum absolute atomic E-state index is 0.266. The standard InChI is InChI=1S/C14H14N4O2/c15-11-5-1-4-10-12(11)14(20)18(13(10)19)9-3-8-17-7-2-6-16-17/h1-2,4-7H,3,8-9,15H2. The molecule has 1 aromatic carbocycles. The van der Waals surface area contributed by atoms with Crippen LogP contribution in [0.2, 0.25) is 0 Å². The highest BCUT2D eigenvalue weighted by Crippen LogP contribution is 2.27. The Morgan fingerprint density at radius 2 is 1.95 bits per heavy atom. The lowest BCUT2D eigenvalue weighted by molar-refractivity contribution is 0.0650. The van der Waals surface area contributed by atoms with Crippen LogP contribution < -0.4 is 5.73 Å². The number of nitrogens with zero attached hydrogens (tertiary/aromatic N) is 3. The van der Waals surface area contributed by atoms with E-state index < -0.39 is 0 Å². The highest BCUT2D eigenvalue weighted by atomic mass is 16.2. The van der Waals surface area contributed by atoms with Crippen molar-refractivity contribution in [3.63, 3.8) is 0 Å². The summed E-state index contributed by atoms with van der Waals surface area (Å²) >= 11 is 0. The quantitative estimate of drug-likeness (QED) is 0.667. The highest BCUT2D eigenvalue weighted by molar-refractivity contribution is 6.23. The van der Waals surface area contributed by atoms with Crippen LogP contribution >= 0.6 is 0 Å². The molecule has 1 aromatic heterocycles. The van der Waals surface area contributed by atoms with Crippen molar-refractivity contribution in [3.8, 4) is 0 Å². The smallest absolute Gasteiger partial charge is 0.263 e. The maximum absolute atomic E-state index is 12.2. The average Bonchev–Trinajstić information content (AvgIpc) is 3.02. The zero-order chi connectivity index (χ0) is 14.1. The Morgan fingerprint density at radius 1 is 1.10 bits per heavy atom. The normalized spacial score (nSPS) is 13.9. The number of anilines is 1. The fourth-order valence-corrected chi connectivity index (χ4v) is 2.39. The topological polar surface area (TPSA) is 81.2 Å². The molecule has 0 bridgehead atoms. The second kappa shape index (κ2) is 4.80. The van der Waals surface area contributed by atoms with Crippen molar-refractivity contribution in [2.24, 2.45) is 0 Å². The molecule has 0 saturated carbocycles. The first-order valence-electron chi connectivity index (χ1n) is 6.40. The molecule has 0 aliphatic carbocycles. The molecule has 1 aliphatic heterocycles. The second-order valence-electron chi connectivity index (χ2n) is 4.65. The van der Waals surface area contributed by atoms with Gasteiger partial charge in [0.25, 0.3) is 11.8 Å². The first kappa shape index (κ1) is 12.4. The van der Waals surface area contributed by atoms with Crippen molar-refractivity contribution in [3.05, 3.63) is 47.8 Å². The summed E-state index contributed by atoms with van der Waals surface area (Å²) in [5.74, 6) is -0.568. The fourth-order valence-electron chi connectivity index (χ4n) is 2.39. The Kier molecular flexibility index (Phi) is 2.98. The number of aryl methyl sites for hydroxylation is 1. The molecule has 102 valence electrons. The van der Waals surface area contributed by atoms with Gasteiger partial charge in [-0.3, -0.25) is 19.2 Å². The summed E-state index contributed by atoms with van der Waals surface area (Å²) in [6, 6.07) is 6.80. The number of aromatic nitrogens is 2. The highest BCUT2D eigenvalue weighted by Gasteiger charge is 2.36. The maximum atomic E-state index is 12.2. The van der Waals surface area contributed by atoms with Gasteiger partial charge in [-0.05, 0) is 24.6 Å². The molecule has 1 aliphatic rings. The predicted molar refractivity (Wildman–Crippen MR) is 73.1 cm³/mol. The Labute approximate surface area is 115 Å². The van der Waals surface area contributed by atoms with E-state index in [1.165, 1.54) is 4.90 Å². The van der Waals surface area contributed by atoms with Gasteiger partial charge in [-0.1, -0.05) is 6.07 Å². The molecule has 0 radical (unpaired) electrons. The van der Waals surface area contributed by atoms with Gasteiger partial charge in [0.2, 0.25) is 0 Å². The summed E-state index contributed by atoms with van der Waals surface area (Å²) in [5.41, 5.74) is 6.86. The second-order valence-corrected chi connectivity index (χ2v) is 4.65. The molecule has 6 nitrogen and oxygen atoms in total. The molecular formula is C14H14N4O2. The van der Waals surface area contributed by atoms with E-state index in [0.717, 1.165) is 0 Å². The lowest BCUT2D eigenvalue weighted by atomic mass is 10.1. The van der Waals surface area contributed by atoms with Crippen molar-refractivity contribution in [2.75, 3.05) is 12.3 Å². The summed E-state index contributed by atoms with van der Waals surface area (Å²) in [6.45, 7) is 1.03. The Hall–Kier alpha value is -2.63.